The summed E-state index contributed by atoms with van der Waals surface area (Å²) < 4.78 is 2.10. The van der Waals surface area contributed by atoms with Crippen LogP contribution < -0.4 is 0 Å². The van der Waals surface area contributed by atoms with Crippen molar-refractivity contribution in [3.8, 4) is 0 Å². The highest BCUT2D eigenvalue weighted by Gasteiger charge is 2.24. The standard InChI is InChI=1S/C18H24N4O/c1-2-21-14-19-20-17(21)12-16-8-10-22(11-9-16)18(23)13-15-6-4-3-5-7-15/h3-7,14,16H,2,8-13H2,1H3. The second kappa shape index (κ2) is 7.40. The van der Waals surface area contributed by atoms with Crippen LogP contribution in [0.5, 0.6) is 0 Å². The van der Waals surface area contributed by atoms with Gasteiger partial charge in [0.1, 0.15) is 12.2 Å². The van der Waals surface area contributed by atoms with Gasteiger partial charge in [0.2, 0.25) is 5.91 Å². The molecule has 0 N–H and O–H groups in total. The van der Waals surface area contributed by atoms with Crippen LogP contribution in [-0.4, -0.2) is 38.7 Å². The van der Waals surface area contributed by atoms with Gasteiger partial charge in [-0.15, -0.1) is 10.2 Å². The van der Waals surface area contributed by atoms with Gasteiger partial charge >= 0.3 is 0 Å². The summed E-state index contributed by atoms with van der Waals surface area (Å²) in [5.41, 5.74) is 1.09. The molecule has 0 unspecified atom stereocenters. The van der Waals surface area contributed by atoms with Crippen molar-refractivity contribution in [2.75, 3.05) is 13.1 Å². The first-order chi connectivity index (χ1) is 11.3. The summed E-state index contributed by atoms with van der Waals surface area (Å²) >= 11 is 0. The molecule has 5 nitrogen and oxygen atoms in total. The van der Waals surface area contributed by atoms with E-state index >= 15 is 0 Å². The molecule has 23 heavy (non-hydrogen) atoms. The number of likely N-dealkylation sites (tertiary alicyclic amines) is 1. The molecule has 0 radical (unpaired) electrons. The molecule has 0 saturated carbocycles. The number of carbonyl (C=O) groups is 1. The highest BCUT2D eigenvalue weighted by atomic mass is 16.2. The van der Waals surface area contributed by atoms with Gasteiger partial charge < -0.3 is 9.47 Å². The Labute approximate surface area is 137 Å². The molecule has 0 atom stereocenters. The van der Waals surface area contributed by atoms with Gasteiger partial charge in [0, 0.05) is 26.1 Å². The normalized spacial score (nSPS) is 15.8. The van der Waals surface area contributed by atoms with E-state index in [1.54, 1.807) is 6.33 Å². The zero-order valence-corrected chi connectivity index (χ0v) is 13.7. The number of aromatic nitrogens is 3. The van der Waals surface area contributed by atoms with Crippen molar-refractivity contribution < 1.29 is 4.79 Å². The second-order valence-corrected chi connectivity index (χ2v) is 6.22. The third kappa shape index (κ3) is 3.97. The van der Waals surface area contributed by atoms with Gasteiger partial charge in [-0.25, -0.2) is 0 Å². The van der Waals surface area contributed by atoms with Gasteiger partial charge in [0.15, 0.2) is 0 Å². The van der Waals surface area contributed by atoms with Crippen LogP contribution in [0, 0.1) is 5.92 Å². The summed E-state index contributed by atoms with van der Waals surface area (Å²) in [5.74, 6) is 1.92. The van der Waals surface area contributed by atoms with Crippen LogP contribution in [0.15, 0.2) is 36.7 Å². The first-order valence-corrected chi connectivity index (χ1v) is 8.44. The maximum absolute atomic E-state index is 12.4. The number of hydrogen-bond donors (Lipinski definition) is 0. The molecule has 5 heteroatoms. The Bertz CT molecular complexity index is 629. The van der Waals surface area contributed by atoms with Crippen LogP contribution in [0.3, 0.4) is 0 Å². The van der Waals surface area contributed by atoms with E-state index in [0.717, 1.165) is 50.3 Å². The number of benzene rings is 1. The Hall–Kier alpha value is -2.17. The smallest absolute Gasteiger partial charge is 0.226 e. The third-order valence-corrected chi connectivity index (χ3v) is 4.67. The van der Waals surface area contributed by atoms with Crippen molar-refractivity contribution >= 4 is 5.91 Å². The Balaban J connectivity index is 1.49. The zero-order chi connectivity index (χ0) is 16.1. The van der Waals surface area contributed by atoms with Crippen LogP contribution in [0.25, 0.3) is 0 Å². The van der Waals surface area contributed by atoms with Crippen molar-refractivity contribution in [3.63, 3.8) is 0 Å². The van der Waals surface area contributed by atoms with Crippen molar-refractivity contribution in [3.05, 3.63) is 48.0 Å². The second-order valence-electron chi connectivity index (χ2n) is 6.22. The molecule has 122 valence electrons. The molecule has 0 aliphatic carbocycles. The fourth-order valence-electron chi connectivity index (χ4n) is 3.23. The lowest BCUT2D eigenvalue weighted by Gasteiger charge is -2.32. The van der Waals surface area contributed by atoms with E-state index in [0.29, 0.717) is 12.3 Å². The van der Waals surface area contributed by atoms with Gasteiger partial charge in [-0.1, -0.05) is 30.3 Å². The van der Waals surface area contributed by atoms with Gasteiger partial charge in [-0.05, 0) is 31.2 Å². The quantitative estimate of drug-likeness (QED) is 0.851. The number of amides is 1. The number of nitrogens with zero attached hydrogens (tertiary/aromatic N) is 4. The van der Waals surface area contributed by atoms with E-state index in [1.165, 1.54) is 0 Å². The van der Waals surface area contributed by atoms with E-state index in [4.69, 9.17) is 0 Å². The van der Waals surface area contributed by atoms with Gasteiger partial charge in [-0.3, -0.25) is 4.79 Å². The molecule has 1 aliphatic rings. The molecule has 0 bridgehead atoms. The van der Waals surface area contributed by atoms with E-state index in [9.17, 15) is 4.79 Å². The molecule has 1 aliphatic heterocycles. The van der Waals surface area contributed by atoms with Crippen molar-refractivity contribution in [2.24, 2.45) is 5.92 Å². The summed E-state index contributed by atoms with van der Waals surface area (Å²) in [6.45, 7) is 4.74. The van der Waals surface area contributed by atoms with Crippen LogP contribution in [0.2, 0.25) is 0 Å². The molecule has 1 amide bonds. The molecule has 1 aromatic carbocycles. The van der Waals surface area contributed by atoms with Gasteiger partial charge in [-0.2, -0.15) is 0 Å². The summed E-state index contributed by atoms with van der Waals surface area (Å²) in [7, 11) is 0. The van der Waals surface area contributed by atoms with E-state index in [-0.39, 0.29) is 5.91 Å². The molecule has 2 aromatic rings. The number of rotatable bonds is 5. The minimum absolute atomic E-state index is 0.242. The number of hydrogen-bond acceptors (Lipinski definition) is 3. The Kier molecular flexibility index (Phi) is 5.05. The van der Waals surface area contributed by atoms with Crippen molar-refractivity contribution in [2.45, 2.75) is 39.2 Å². The zero-order valence-electron chi connectivity index (χ0n) is 13.7. The van der Waals surface area contributed by atoms with Gasteiger partial charge in [0.05, 0.1) is 6.42 Å². The highest BCUT2D eigenvalue weighted by molar-refractivity contribution is 5.78. The topological polar surface area (TPSA) is 51.0 Å². The van der Waals surface area contributed by atoms with Crippen LogP contribution in [-0.2, 0) is 24.2 Å². The Morgan fingerprint density at radius 3 is 2.65 bits per heavy atom. The molecule has 1 aromatic heterocycles. The predicted octanol–water partition coefficient (Wildman–Crippen LogP) is 2.32. The number of piperidine rings is 1. The van der Waals surface area contributed by atoms with Crippen LogP contribution in [0.4, 0.5) is 0 Å². The van der Waals surface area contributed by atoms with Crippen LogP contribution in [0.1, 0.15) is 31.2 Å². The minimum Gasteiger partial charge on any atom is -0.342 e. The average Bonchev–Trinajstić information content (AvgIpc) is 3.03. The number of aryl methyl sites for hydroxylation is 1. The fraction of sp³-hybridized carbons (Fsp3) is 0.500. The third-order valence-electron chi connectivity index (χ3n) is 4.67. The van der Waals surface area contributed by atoms with Crippen LogP contribution >= 0.6 is 0 Å². The SMILES string of the molecule is CCn1cnnc1CC1CCN(C(=O)Cc2ccccc2)CC1. The highest BCUT2D eigenvalue weighted by Crippen LogP contribution is 2.21. The molecule has 1 saturated heterocycles. The van der Waals surface area contributed by atoms with E-state index in [2.05, 4.69) is 21.7 Å². The average molecular weight is 312 g/mol. The van der Waals surface area contributed by atoms with Crippen molar-refractivity contribution in [1.29, 1.82) is 0 Å². The number of carbonyl (C=O) groups excluding carboxylic acids is 1. The monoisotopic (exact) mass is 312 g/mol. The summed E-state index contributed by atoms with van der Waals surface area (Å²) in [5, 5.41) is 8.22. The summed E-state index contributed by atoms with van der Waals surface area (Å²) in [6.07, 6.45) is 5.38. The van der Waals surface area contributed by atoms with Crippen molar-refractivity contribution in [1.82, 2.24) is 19.7 Å². The fourth-order valence-corrected chi connectivity index (χ4v) is 3.23. The van der Waals surface area contributed by atoms with E-state index < -0.39 is 0 Å². The Morgan fingerprint density at radius 1 is 1.22 bits per heavy atom. The van der Waals surface area contributed by atoms with Gasteiger partial charge in [0.25, 0.3) is 0 Å². The Morgan fingerprint density at radius 2 is 1.96 bits per heavy atom. The molecule has 2 heterocycles. The lowest BCUT2D eigenvalue weighted by atomic mass is 9.93. The molecule has 3 rings (SSSR count). The minimum atomic E-state index is 0.242. The lowest BCUT2D eigenvalue weighted by Crippen LogP contribution is -2.39. The molecule has 1 fully saturated rings. The maximum Gasteiger partial charge on any atom is 0.226 e. The summed E-state index contributed by atoms with van der Waals surface area (Å²) in [6, 6.07) is 9.98. The first kappa shape index (κ1) is 15.7. The van der Waals surface area contributed by atoms with E-state index in [1.807, 2.05) is 35.2 Å². The molecular weight excluding hydrogens is 288 g/mol. The molecular formula is C18H24N4O. The predicted molar refractivity (Wildman–Crippen MR) is 88.9 cm³/mol. The maximum atomic E-state index is 12.4. The lowest BCUT2D eigenvalue weighted by molar-refractivity contribution is -0.131. The summed E-state index contributed by atoms with van der Waals surface area (Å²) in [4.78, 5) is 14.4. The molecule has 0 spiro atoms. The first-order valence-electron chi connectivity index (χ1n) is 8.44. The largest absolute Gasteiger partial charge is 0.342 e.